The molecule has 82 valence electrons. The Morgan fingerprint density at radius 2 is 1.88 bits per heavy atom. The smallest absolute Gasteiger partial charge is 0.0893 e. The van der Waals surface area contributed by atoms with Crippen LogP contribution in [0, 0.1) is 6.92 Å². The Labute approximate surface area is 99.2 Å². The fourth-order valence-electron chi connectivity index (χ4n) is 1.82. The third-order valence-corrected chi connectivity index (χ3v) is 2.66. The summed E-state index contributed by atoms with van der Waals surface area (Å²) >= 11 is 0. The van der Waals surface area contributed by atoms with Crippen molar-refractivity contribution in [3.8, 4) is 11.1 Å². The van der Waals surface area contributed by atoms with Gasteiger partial charge in [-0.25, -0.2) is 4.98 Å². The zero-order valence-corrected chi connectivity index (χ0v) is 9.46. The number of aryl methyl sites for hydroxylation is 1. The lowest BCUT2D eigenvalue weighted by Gasteiger charge is -2.03. The maximum Gasteiger partial charge on any atom is 0.0893 e. The molecule has 3 heteroatoms. The lowest BCUT2D eigenvalue weighted by Crippen LogP contribution is -1.88. The summed E-state index contributed by atoms with van der Waals surface area (Å²) in [4.78, 5) is 12.9. The van der Waals surface area contributed by atoms with Gasteiger partial charge >= 0.3 is 0 Å². The molecule has 0 unspecified atom stereocenters. The minimum absolute atomic E-state index is 0.914. The first-order valence-electron chi connectivity index (χ1n) is 5.47. The molecule has 0 radical (unpaired) electrons. The van der Waals surface area contributed by atoms with E-state index < -0.39 is 0 Å². The summed E-state index contributed by atoms with van der Waals surface area (Å²) in [6, 6.07) is 10.1. The van der Waals surface area contributed by atoms with Crippen LogP contribution in [0.5, 0.6) is 0 Å². The van der Waals surface area contributed by atoms with Gasteiger partial charge in [-0.2, -0.15) is 0 Å². The van der Waals surface area contributed by atoms with Crippen molar-refractivity contribution in [2.45, 2.75) is 6.92 Å². The van der Waals surface area contributed by atoms with E-state index in [0.29, 0.717) is 0 Å². The summed E-state index contributed by atoms with van der Waals surface area (Å²) in [6.07, 6.45) is 5.41. The highest BCUT2D eigenvalue weighted by atomic mass is 14.8. The summed E-state index contributed by atoms with van der Waals surface area (Å²) in [5, 5.41) is 0. The monoisotopic (exact) mass is 221 g/mol. The third kappa shape index (κ3) is 1.87. The summed E-state index contributed by atoms with van der Waals surface area (Å²) in [5.41, 5.74) is 4.99. The lowest BCUT2D eigenvalue weighted by atomic mass is 10.1. The minimum Gasteiger partial charge on any atom is -0.264 e. The normalized spacial score (nSPS) is 10.6. The highest BCUT2D eigenvalue weighted by Gasteiger charge is 2.01. The quantitative estimate of drug-likeness (QED) is 0.634. The number of hydrogen-bond donors (Lipinski definition) is 0. The molecule has 0 aliphatic rings. The first-order chi connectivity index (χ1) is 8.33. The number of rotatable bonds is 1. The molecule has 17 heavy (non-hydrogen) atoms. The van der Waals surface area contributed by atoms with Gasteiger partial charge in [0.25, 0.3) is 0 Å². The Bertz CT molecular complexity index is 663. The van der Waals surface area contributed by atoms with Crippen molar-refractivity contribution in [1.82, 2.24) is 15.0 Å². The molecule has 0 saturated carbocycles. The summed E-state index contributed by atoms with van der Waals surface area (Å²) in [5.74, 6) is 0. The average Bonchev–Trinajstić information content (AvgIpc) is 2.39. The van der Waals surface area contributed by atoms with Gasteiger partial charge in [-0.1, -0.05) is 12.1 Å². The van der Waals surface area contributed by atoms with Gasteiger partial charge < -0.3 is 0 Å². The van der Waals surface area contributed by atoms with E-state index in [4.69, 9.17) is 0 Å². The molecule has 2 heterocycles. The van der Waals surface area contributed by atoms with Crippen LogP contribution in [-0.2, 0) is 0 Å². The molecule has 2 aromatic heterocycles. The SMILES string of the molecule is Cc1cnc2cc(-c3cccnc3)ccc2n1. The van der Waals surface area contributed by atoms with Crippen molar-refractivity contribution in [3.05, 3.63) is 54.6 Å². The van der Waals surface area contributed by atoms with Crippen molar-refractivity contribution in [3.63, 3.8) is 0 Å². The average molecular weight is 221 g/mol. The van der Waals surface area contributed by atoms with Crippen LogP contribution in [-0.4, -0.2) is 15.0 Å². The minimum atomic E-state index is 0.914. The second-order valence-electron chi connectivity index (χ2n) is 3.96. The molecular formula is C14H11N3. The Morgan fingerprint density at radius 3 is 2.71 bits per heavy atom. The Hall–Kier alpha value is -2.29. The predicted octanol–water partition coefficient (Wildman–Crippen LogP) is 3.00. The van der Waals surface area contributed by atoms with E-state index in [9.17, 15) is 0 Å². The van der Waals surface area contributed by atoms with E-state index in [1.807, 2.05) is 43.5 Å². The number of pyridine rings is 1. The van der Waals surface area contributed by atoms with Crippen molar-refractivity contribution in [2.75, 3.05) is 0 Å². The van der Waals surface area contributed by atoms with Gasteiger partial charge in [0.1, 0.15) is 0 Å². The van der Waals surface area contributed by atoms with Crippen LogP contribution in [0.2, 0.25) is 0 Å². The molecule has 3 nitrogen and oxygen atoms in total. The summed E-state index contributed by atoms with van der Waals surface area (Å²) in [6.45, 7) is 1.95. The molecule has 1 aromatic carbocycles. The van der Waals surface area contributed by atoms with E-state index in [0.717, 1.165) is 27.9 Å². The standard InChI is InChI=1S/C14H11N3/c1-10-8-16-14-7-11(4-5-13(14)17-10)12-3-2-6-15-9-12/h2-9H,1H3. The molecule has 0 fully saturated rings. The van der Waals surface area contributed by atoms with Crippen LogP contribution in [0.15, 0.2) is 48.9 Å². The number of fused-ring (bicyclic) bond motifs is 1. The van der Waals surface area contributed by atoms with E-state index in [-0.39, 0.29) is 0 Å². The molecule has 0 N–H and O–H groups in total. The lowest BCUT2D eigenvalue weighted by molar-refractivity contribution is 1.18. The van der Waals surface area contributed by atoms with Gasteiger partial charge in [0.15, 0.2) is 0 Å². The van der Waals surface area contributed by atoms with Crippen LogP contribution >= 0.6 is 0 Å². The largest absolute Gasteiger partial charge is 0.264 e. The van der Waals surface area contributed by atoms with Crippen LogP contribution in [0.1, 0.15) is 5.69 Å². The van der Waals surface area contributed by atoms with Crippen LogP contribution in [0.4, 0.5) is 0 Å². The first-order valence-corrected chi connectivity index (χ1v) is 5.47. The number of hydrogen-bond acceptors (Lipinski definition) is 3. The van der Waals surface area contributed by atoms with Gasteiger partial charge in [-0.3, -0.25) is 9.97 Å². The zero-order valence-electron chi connectivity index (χ0n) is 9.46. The maximum absolute atomic E-state index is 4.43. The van der Waals surface area contributed by atoms with Crippen LogP contribution < -0.4 is 0 Å². The maximum atomic E-state index is 4.43. The molecule has 0 bridgehead atoms. The van der Waals surface area contributed by atoms with Gasteiger partial charge in [-0.15, -0.1) is 0 Å². The molecule has 0 amide bonds. The second kappa shape index (κ2) is 3.94. The topological polar surface area (TPSA) is 38.7 Å². The highest BCUT2D eigenvalue weighted by Crippen LogP contribution is 2.21. The van der Waals surface area contributed by atoms with Gasteiger partial charge in [0, 0.05) is 24.2 Å². The van der Waals surface area contributed by atoms with Crippen LogP contribution in [0.3, 0.4) is 0 Å². The molecular weight excluding hydrogens is 210 g/mol. The molecule has 0 saturated heterocycles. The van der Waals surface area contributed by atoms with Crippen molar-refractivity contribution >= 4 is 11.0 Å². The molecule has 0 aliphatic carbocycles. The Kier molecular flexibility index (Phi) is 2.29. The fourth-order valence-corrected chi connectivity index (χ4v) is 1.82. The van der Waals surface area contributed by atoms with Crippen molar-refractivity contribution < 1.29 is 0 Å². The van der Waals surface area contributed by atoms with Crippen molar-refractivity contribution in [1.29, 1.82) is 0 Å². The van der Waals surface area contributed by atoms with E-state index in [1.165, 1.54) is 0 Å². The van der Waals surface area contributed by atoms with Crippen molar-refractivity contribution in [2.24, 2.45) is 0 Å². The predicted molar refractivity (Wildman–Crippen MR) is 67.5 cm³/mol. The Balaban J connectivity index is 2.17. The van der Waals surface area contributed by atoms with E-state index in [2.05, 4.69) is 15.0 Å². The molecule has 0 atom stereocenters. The number of aromatic nitrogens is 3. The Morgan fingerprint density at radius 1 is 0.941 bits per heavy atom. The van der Waals surface area contributed by atoms with Gasteiger partial charge in [-0.05, 0) is 30.7 Å². The van der Waals surface area contributed by atoms with E-state index in [1.54, 1.807) is 12.4 Å². The first kappa shape index (κ1) is 9.90. The highest BCUT2D eigenvalue weighted by molar-refractivity contribution is 5.81. The number of benzene rings is 1. The molecule has 0 aliphatic heterocycles. The van der Waals surface area contributed by atoms with Gasteiger partial charge in [0.05, 0.1) is 16.7 Å². The molecule has 3 rings (SSSR count). The second-order valence-corrected chi connectivity index (χ2v) is 3.96. The molecule has 3 aromatic rings. The number of nitrogens with zero attached hydrogens (tertiary/aromatic N) is 3. The fraction of sp³-hybridized carbons (Fsp3) is 0.0714. The summed E-state index contributed by atoms with van der Waals surface area (Å²) in [7, 11) is 0. The third-order valence-electron chi connectivity index (χ3n) is 2.66. The van der Waals surface area contributed by atoms with Gasteiger partial charge in [0.2, 0.25) is 0 Å². The molecule has 0 spiro atoms. The van der Waals surface area contributed by atoms with E-state index >= 15 is 0 Å². The van der Waals surface area contributed by atoms with Crippen LogP contribution in [0.25, 0.3) is 22.2 Å². The zero-order chi connectivity index (χ0) is 11.7. The summed E-state index contributed by atoms with van der Waals surface area (Å²) < 4.78 is 0.